The molecule has 0 amide bonds. The number of nitrogens with zero attached hydrogens (tertiary/aromatic N) is 2. The fourth-order valence-electron chi connectivity index (χ4n) is 5.38. The number of aliphatic hydroxyl groups excluding tert-OH is 1. The Morgan fingerprint density at radius 2 is 1.80 bits per heavy atom. The monoisotopic (exact) mass is 474 g/mol. The fourth-order valence-corrected chi connectivity index (χ4v) is 5.38. The van der Waals surface area contributed by atoms with Crippen LogP contribution in [0.15, 0.2) is 66.7 Å². The van der Waals surface area contributed by atoms with Gasteiger partial charge in [-0.25, -0.2) is 4.39 Å². The van der Waals surface area contributed by atoms with Crippen LogP contribution < -0.4 is 4.74 Å². The Kier molecular flexibility index (Phi) is 6.86. The summed E-state index contributed by atoms with van der Waals surface area (Å²) < 4.78 is 25.5. The lowest BCUT2D eigenvalue weighted by Gasteiger charge is -2.41. The molecule has 4 aromatic rings. The highest BCUT2D eigenvalue weighted by Gasteiger charge is 2.35. The zero-order valence-electron chi connectivity index (χ0n) is 20.2. The molecule has 5 nitrogen and oxygen atoms in total. The summed E-state index contributed by atoms with van der Waals surface area (Å²) >= 11 is 0. The van der Waals surface area contributed by atoms with Gasteiger partial charge in [0.1, 0.15) is 24.9 Å². The first-order valence-electron chi connectivity index (χ1n) is 12.0. The van der Waals surface area contributed by atoms with Crippen LogP contribution in [0.2, 0.25) is 0 Å². The average Bonchev–Trinajstić information content (AvgIpc) is 3.20. The molecule has 0 saturated carbocycles. The van der Waals surface area contributed by atoms with Crippen LogP contribution in [0, 0.1) is 5.82 Å². The maximum absolute atomic E-state index is 13.2. The van der Waals surface area contributed by atoms with E-state index in [1.54, 1.807) is 26.4 Å². The molecule has 1 N–H and O–H groups in total. The maximum atomic E-state index is 13.2. The van der Waals surface area contributed by atoms with Gasteiger partial charge in [-0.3, -0.25) is 4.90 Å². The molecule has 0 bridgehead atoms. The van der Waals surface area contributed by atoms with Gasteiger partial charge in [-0.2, -0.15) is 0 Å². The number of aromatic nitrogens is 1. The minimum Gasteiger partial charge on any atom is -0.489 e. The van der Waals surface area contributed by atoms with E-state index in [9.17, 15) is 9.50 Å². The molecule has 1 unspecified atom stereocenters. The molecular formula is C29H31FN2O3. The smallest absolute Gasteiger partial charge is 0.123 e. The first-order chi connectivity index (χ1) is 17.1. The van der Waals surface area contributed by atoms with Crippen molar-refractivity contribution in [1.82, 2.24) is 9.47 Å². The second-order valence-corrected chi connectivity index (χ2v) is 9.14. The van der Waals surface area contributed by atoms with Gasteiger partial charge in [0.05, 0.1) is 5.52 Å². The second kappa shape index (κ2) is 10.2. The predicted molar refractivity (Wildman–Crippen MR) is 135 cm³/mol. The van der Waals surface area contributed by atoms with E-state index in [4.69, 9.17) is 4.74 Å². The summed E-state index contributed by atoms with van der Waals surface area (Å²) in [4.78, 5) is 2.53. The molecule has 2 aliphatic heterocycles. The number of methoxy groups -OCH3 is 1. The minimum absolute atomic E-state index is 0.00626. The van der Waals surface area contributed by atoms with E-state index in [2.05, 4.69) is 44.5 Å². The van der Waals surface area contributed by atoms with Crippen LogP contribution in [0.1, 0.15) is 34.0 Å². The van der Waals surface area contributed by atoms with Gasteiger partial charge in [0.25, 0.3) is 0 Å². The number of hydrogen-bond acceptors (Lipinski definition) is 4. The molecule has 0 saturated heterocycles. The Balaban J connectivity index is 0.000000806. The lowest BCUT2D eigenvalue weighted by molar-refractivity contribution is 0.145. The highest BCUT2D eigenvalue weighted by molar-refractivity contribution is 5.86. The van der Waals surface area contributed by atoms with Crippen molar-refractivity contribution in [1.29, 1.82) is 0 Å². The highest BCUT2D eigenvalue weighted by Crippen LogP contribution is 2.42. The van der Waals surface area contributed by atoms with E-state index in [0.717, 1.165) is 42.8 Å². The first-order valence-corrected chi connectivity index (χ1v) is 12.0. The number of para-hydroxylation sites is 1. The van der Waals surface area contributed by atoms with Gasteiger partial charge in [-0.05, 0) is 65.4 Å². The largest absolute Gasteiger partial charge is 0.489 e. The van der Waals surface area contributed by atoms with Gasteiger partial charge < -0.3 is 19.1 Å². The van der Waals surface area contributed by atoms with Gasteiger partial charge in [-0.15, -0.1) is 0 Å². The lowest BCUT2D eigenvalue weighted by Crippen LogP contribution is -2.39. The van der Waals surface area contributed by atoms with E-state index >= 15 is 0 Å². The molecule has 182 valence electrons. The van der Waals surface area contributed by atoms with E-state index in [-0.39, 0.29) is 12.5 Å². The van der Waals surface area contributed by atoms with Gasteiger partial charge >= 0.3 is 0 Å². The van der Waals surface area contributed by atoms with Gasteiger partial charge in [0.2, 0.25) is 0 Å². The molecule has 2 aliphatic rings. The summed E-state index contributed by atoms with van der Waals surface area (Å²) in [6.07, 6.45) is 1.94. The molecule has 35 heavy (non-hydrogen) atoms. The zero-order chi connectivity index (χ0) is 24.4. The lowest BCUT2D eigenvalue weighted by atomic mass is 9.85. The number of hydrogen-bond donors (Lipinski definition) is 1. The average molecular weight is 475 g/mol. The Bertz CT molecular complexity index is 1320. The van der Waals surface area contributed by atoms with Crippen LogP contribution in [0.3, 0.4) is 0 Å². The molecule has 3 heterocycles. The SMILES string of the molecule is COC.OCn1c2c(c3ccccc31)CC1c3cc(OCc4ccc(F)cc4)ccc3CCN1C2. The normalized spacial score (nSPS) is 16.6. The maximum Gasteiger partial charge on any atom is 0.123 e. The van der Waals surface area contributed by atoms with E-state index in [0.29, 0.717) is 12.6 Å². The predicted octanol–water partition coefficient (Wildman–Crippen LogP) is 5.23. The van der Waals surface area contributed by atoms with E-state index < -0.39 is 0 Å². The standard InChI is InChI=1S/C27H25FN2O2.C2H6O/c28-20-8-5-18(6-9-20)16-32-21-10-7-19-11-12-29-15-27-24(14-26(29)23(19)13-21)22-3-1-2-4-25(22)30(27)17-31;1-3-2/h1-10,13,26,31H,11-12,14-17H2;1-2H3. The molecule has 0 spiro atoms. The van der Waals surface area contributed by atoms with Gasteiger partial charge in [0, 0.05) is 44.4 Å². The Hall–Kier alpha value is -3.19. The second-order valence-electron chi connectivity index (χ2n) is 9.14. The van der Waals surface area contributed by atoms with Crippen LogP contribution in [0.25, 0.3) is 10.9 Å². The third kappa shape index (κ3) is 4.57. The minimum atomic E-state index is -0.234. The summed E-state index contributed by atoms with van der Waals surface area (Å²) in [5, 5.41) is 11.3. The molecule has 0 radical (unpaired) electrons. The summed E-state index contributed by atoms with van der Waals surface area (Å²) in [6.45, 7) is 2.28. The Labute approximate surface area is 205 Å². The van der Waals surface area contributed by atoms with Gasteiger partial charge in [-0.1, -0.05) is 36.4 Å². The number of rotatable bonds is 4. The summed E-state index contributed by atoms with van der Waals surface area (Å²) in [5.41, 5.74) is 7.36. The van der Waals surface area contributed by atoms with Crippen molar-refractivity contribution in [2.24, 2.45) is 0 Å². The van der Waals surface area contributed by atoms with Crippen LogP contribution >= 0.6 is 0 Å². The zero-order valence-corrected chi connectivity index (χ0v) is 20.2. The number of fused-ring (bicyclic) bond motifs is 6. The third-order valence-corrected chi connectivity index (χ3v) is 6.99. The van der Waals surface area contributed by atoms with Crippen LogP contribution in [-0.4, -0.2) is 35.3 Å². The molecule has 1 aromatic heterocycles. The van der Waals surface area contributed by atoms with Crippen molar-refractivity contribution in [2.75, 3.05) is 20.8 Å². The molecule has 6 heteroatoms. The van der Waals surface area contributed by atoms with Crippen LogP contribution in [0.5, 0.6) is 5.75 Å². The summed E-state index contributed by atoms with van der Waals surface area (Å²) in [7, 11) is 3.25. The Morgan fingerprint density at radius 3 is 2.57 bits per heavy atom. The molecule has 0 aliphatic carbocycles. The van der Waals surface area contributed by atoms with Crippen molar-refractivity contribution >= 4 is 10.9 Å². The Morgan fingerprint density at radius 1 is 1.03 bits per heavy atom. The van der Waals surface area contributed by atoms with E-state index in [1.807, 2.05) is 12.1 Å². The number of aliphatic hydroxyl groups is 1. The van der Waals surface area contributed by atoms with Crippen LogP contribution in [-0.2, 0) is 37.5 Å². The number of halogens is 1. The molecule has 0 fully saturated rings. The van der Waals surface area contributed by atoms with Gasteiger partial charge in [0.15, 0.2) is 0 Å². The van der Waals surface area contributed by atoms with E-state index in [1.165, 1.54) is 39.9 Å². The van der Waals surface area contributed by atoms with Crippen molar-refractivity contribution in [2.45, 2.75) is 38.8 Å². The van der Waals surface area contributed by atoms with Crippen molar-refractivity contribution in [3.63, 3.8) is 0 Å². The topological polar surface area (TPSA) is 46.9 Å². The van der Waals surface area contributed by atoms with Crippen molar-refractivity contribution < 1.29 is 19.0 Å². The molecule has 6 rings (SSSR count). The molecular weight excluding hydrogens is 443 g/mol. The molecule has 3 aromatic carbocycles. The van der Waals surface area contributed by atoms with Crippen molar-refractivity contribution in [3.05, 3.63) is 100 Å². The summed E-state index contributed by atoms with van der Waals surface area (Å²) in [5.74, 6) is 0.611. The first kappa shape index (κ1) is 23.5. The summed E-state index contributed by atoms with van der Waals surface area (Å²) in [6, 6.07) is 21.6. The van der Waals surface area contributed by atoms with Crippen molar-refractivity contribution in [3.8, 4) is 5.75 Å². The molecule has 1 atom stereocenters. The quantitative estimate of drug-likeness (QED) is 0.440. The highest BCUT2D eigenvalue weighted by atomic mass is 19.1. The fraction of sp³-hybridized carbons (Fsp3) is 0.310. The van der Waals surface area contributed by atoms with Crippen LogP contribution in [0.4, 0.5) is 4.39 Å². The number of ether oxygens (including phenoxy) is 2. The number of benzene rings is 3. The third-order valence-electron chi connectivity index (χ3n) is 6.99.